The topological polar surface area (TPSA) is 76.3 Å². The predicted octanol–water partition coefficient (Wildman–Crippen LogP) is 2.11. The molecule has 0 aliphatic heterocycles. The molecule has 1 aromatic carbocycles. The van der Waals surface area contributed by atoms with E-state index in [0.717, 1.165) is 11.1 Å². The molecule has 92 valence electrons. The number of nitro groups is 1. The summed E-state index contributed by atoms with van der Waals surface area (Å²) in [6.45, 7) is -0.106. The Bertz CT molecular complexity index is 543. The molecule has 0 saturated heterocycles. The highest BCUT2D eigenvalue weighted by molar-refractivity contribution is 5.40. The van der Waals surface area contributed by atoms with Crippen LogP contribution in [-0.4, -0.2) is 21.6 Å². The summed E-state index contributed by atoms with van der Waals surface area (Å²) < 4.78 is 0. The zero-order valence-electron chi connectivity index (χ0n) is 9.56. The van der Waals surface area contributed by atoms with Gasteiger partial charge in [0.05, 0.1) is 11.5 Å². The Labute approximate surface area is 104 Å². The molecule has 0 radical (unpaired) electrons. The molecule has 2 rings (SSSR count). The van der Waals surface area contributed by atoms with Gasteiger partial charge in [-0.1, -0.05) is 12.1 Å². The maximum atomic E-state index is 10.7. The van der Waals surface area contributed by atoms with E-state index in [2.05, 4.69) is 4.98 Å². The zero-order valence-corrected chi connectivity index (χ0v) is 9.56. The number of aliphatic hydroxyl groups excluding tert-OH is 1. The van der Waals surface area contributed by atoms with Crippen molar-refractivity contribution in [2.24, 2.45) is 0 Å². The molecule has 1 N–H and O–H groups in total. The fourth-order valence-corrected chi connectivity index (χ4v) is 1.85. The number of hydrogen-bond donors (Lipinski definition) is 1. The van der Waals surface area contributed by atoms with Crippen molar-refractivity contribution in [1.29, 1.82) is 0 Å². The highest BCUT2D eigenvalue weighted by atomic mass is 16.6. The van der Waals surface area contributed by atoms with Crippen LogP contribution in [0, 0.1) is 10.1 Å². The average molecular weight is 244 g/mol. The number of rotatable bonds is 4. The lowest BCUT2D eigenvalue weighted by Gasteiger charge is -2.14. The van der Waals surface area contributed by atoms with E-state index < -0.39 is 4.92 Å². The first-order valence-corrected chi connectivity index (χ1v) is 5.47. The second kappa shape index (κ2) is 5.37. The second-order valence-corrected chi connectivity index (χ2v) is 3.87. The average Bonchev–Trinajstić information content (AvgIpc) is 2.41. The molecule has 2 aromatic rings. The van der Waals surface area contributed by atoms with Crippen LogP contribution < -0.4 is 0 Å². The third kappa shape index (κ3) is 2.52. The van der Waals surface area contributed by atoms with Crippen molar-refractivity contribution in [2.45, 2.75) is 5.92 Å². The van der Waals surface area contributed by atoms with Crippen molar-refractivity contribution in [3.8, 4) is 0 Å². The Kier molecular flexibility index (Phi) is 3.64. The molecule has 18 heavy (non-hydrogen) atoms. The summed E-state index contributed by atoms with van der Waals surface area (Å²) in [6.07, 6.45) is 3.27. The summed E-state index contributed by atoms with van der Waals surface area (Å²) in [5.74, 6) is -0.270. The van der Waals surface area contributed by atoms with Gasteiger partial charge in [-0.3, -0.25) is 15.1 Å². The highest BCUT2D eigenvalue weighted by Crippen LogP contribution is 2.26. The zero-order chi connectivity index (χ0) is 13.0. The van der Waals surface area contributed by atoms with E-state index in [1.54, 1.807) is 36.7 Å². The van der Waals surface area contributed by atoms with E-state index >= 15 is 0 Å². The Morgan fingerprint density at radius 3 is 2.56 bits per heavy atom. The Hall–Kier alpha value is -2.27. The van der Waals surface area contributed by atoms with Crippen molar-refractivity contribution in [2.75, 3.05) is 6.61 Å². The van der Waals surface area contributed by atoms with Crippen LogP contribution in [0.25, 0.3) is 0 Å². The van der Waals surface area contributed by atoms with E-state index in [0.29, 0.717) is 0 Å². The molecular formula is C13H12N2O3. The van der Waals surface area contributed by atoms with Crippen molar-refractivity contribution >= 4 is 5.69 Å². The van der Waals surface area contributed by atoms with Crippen LogP contribution in [0.1, 0.15) is 17.0 Å². The first kappa shape index (κ1) is 12.2. The number of non-ortho nitro benzene ring substituents is 1. The van der Waals surface area contributed by atoms with Gasteiger partial charge < -0.3 is 5.11 Å². The molecule has 0 amide bonds. The molecule has 5 nitrogen and oxygen atoms in total. The van der Waals surface area contributed by atoms with Gasteiger partial charge in [-0.05, 0) is 23.3 Å². The molecule has 1 heterocycles. The summed E-state index contributed by atoms with van der Waals surface area (Å²) in [6, 6.07) is 9.90. The van der Waals surface area contributed by atoms with Crippen LogP contribution in [0.4, 0.5) is 5.69 Å². The fraction of sp³-hybridized carbons (Fsp3) is 0.154. The molecule has 0 aliphatic rings. The van der Waals surface area contributed by atoms with Crippen LogP contribution in [0.5, 0.6) is 0 Å². The number of nitro benzene ring substituents is 1. The number of nitrogens with zero attached hydrogens (tertiary/aromatic N) is 2. The van der Waals surface area contributed by atoms with Gasteiger partial charge in [0.1, 0.15) is 0 Å². The maximum absolute atomic E-state index is 10.7. The molecule has 0 aliphatic carbocycles. The van der Waals surface area contributed by atoms with Gasteiger partial charge in [-0.15, -0.1) is 0 Å². The number of aromatic nitrogens is 1. The van der Waals surface area contributed by atoms with E-state index in [4.69, 9.17) is 0 Å². The third-order valence-corrected chi connectivity index (χ3v) is 2.77. The van der Waals surface area contributed by atoms with Crippen LogP contribution in [-0.2, 0) is 0 Å². The van der Waals surface area contributed by atoms with Crippen LogP contribution in [0.15, 0.2) is 48.8 Å². The Morgan fingerprint density at radius 1 is 1.22 bits per heavy atom. The largest absolute Gasteiger partial charge is 0.395 e. The number of benzene rings is 1. The number of aliphatic hydroxyl groups is 1. The second-order valence-electron chi connectivity index (χ2n) is 3.87. The molecule has 0 spiro atoms. The highest BCUT2D eigenvalue weighted by Gasteiger charge is 2.15. The number of pyridine rings is 1. The van der Waals surface area contributed by atoms with E-state index in [9.17, 15) is 15.2 Å². The normalized spacial score (nSPS) is 12.1. The summed E-state index contributed by atoms with van der Waals surface area (Å²) >= 11 is 0. The molecule has 1 atom stereocenters. The Morgan fingerprint density at radius 2 is 1.94 bits per heavy atom. The molecular weight excluding hydrogens is 232 g/mol. The van der Waals surface area contributed by atoms with Gasteiger partial charge in [-0.25, -0.2) is 0 Å². The Balaban J connectivity index is 2.39. The lowest BCUT2D eigenvalue weighted by Crippen LogP contribution is -2.06. The van der Waals surface area contributed by atoms with Crippen LogP contribution in [0.3, 0.4) is 0 Å². The molecule has 5 heteroatoms. The smallest absolute Gasteiger partial charge is 0.269 e. The standard InChI is InChI=1S/C13H12N2O3/c16-9-13(10-4-6-14-7-5-10)11-2-1-3-12(8-11)15(17)18/h1-8,13,16H,9H2. The molecule has 0 fully saturated rings. The summed E-state index contributed by atoms with van der Waals surface area (Å²) in [7, 11) is 0. The van der Waals surface area contributed by atoms with Crippen LogP contribution >= 0.6 is 0 Å². The van der Waals surface area contributed by atoms with Gasteiger partial charge in [-0.2, -0.15) is 0 Å². The minimum absolute atomic E-state index is 0.0278. The number of hydrogen-bond acceptors (Lipinski definition) is 4. The summed E-state index contributed by atoms with van der Waals surface area (Å²) in [5.41, 5.74) is 1.63. The van der Waals surface area contributed by atoms with E-state index in [-0.39, 0.29) is 18.2 Å². The van der Waals surface area contributed by atoms with Crippen molar-refractivity contribution in [3.63, 3.8) is 0 Å². The lowest BCUT2D eigenvalue weighted by atomic mass is 9.92. The van der Waals surface area contributed by atoms with E-state index in [1.807, 2.05) is 0 Å². The van der Waals surface area contributed by atoms with Crippen LogP contribution in [0.2, 0.25) is 0 Å². The summed E-state index contributed by atoms with van der Waals surface area (Å²) in [5, 5.41) is 20.2. The molecule has 0 bridgehead atoms. The van der Waals surface area contributed by atoms with Gasteiger partial charge in [0.25, 0.3) is 5.69 Å². The van der Waals surface area contributed by atoms with Crippen molar-refractivity contribution in [1.82, 2.24) is 4.98 Å². The SMILES string of the molecule is O=[N+]([O-])c1cccc(C(CO)c2ccncc2)c1. The minimum Gasteiger partial charge on any atom is -0.395 e. The van der Waals surface area contributed by atoms with Crippen molar-refractivity contribution < 1.29 is 10.0 Å². The molecule has 1 unspecified atom stereocenters. The maximum Gasteiger partial charge on any atom is 0.269 e. The lowest BCUT2D eigenvalue weighted by molar-refractivity contribution is -0.384. The first-order chi connectivity index (χ1) is 8.72. The monoisotopic (exact) mass is 244 g/mol. The third-order valence-electron chi connectivity index (χ3n) is 2.77. The molecule has 0 saturated carbocycles. The van der Waals surface area contributed by atoms with Gasteiger partial charge >= 0.3 is 0 Å². The van der Waals surface area contributed by atoms with Crippen molar-refractivity contribution in [3.05, 3.63) is 70.0 Å². The van der Waals surface area contributed by atoms with E-state index in [1.165, 1.54) is 12.1 Å². The molecule has 1 aromatic heterocycles. The van der Waals surface area contributed by atoms with Gasteiger partial charge in [0, 0.05) is 30.4 Å². The fourth-order valence-electron chi connectivity index (χ4n) is 1.85. The first-order valence-electron chi connectivity index (χ1n) is 5.47. The van der Waals surface area contributed by atoms with Gasteiger partial charge in [0.2, 0.25) is 0 Å². The predicted molar refractivity (Wildman–Crippen MR) is 66.3 cm³/mol. The quantitative estimate of drug-likeness (QED) is 0.660. The minimum atomic E-state index is -0.440. The van der Waals surface area contributed by atoms with Gasteiger partial charge in [0.15, 0.2) is 0 Å². The summed E-state index contributed by atoms with van der Waals surface area (Å²) in [4.78, 5) is 14.2.